The minimum atomic E-state index is -0.504. The molecule has 0 radical (unpaired) electrons. The average Bonchev–Trinajstić information content (AvgIpc) is 2.88. The number of rotatable bonds is 6. The van der Waals surface area contributed by atoms with E-state index in [1.54, 1.807) is 17.3 Å². The molecule has 1 N–H and O–H groups in total. The SMILES string of the molecule is CN1CCC(NC(=O)c2ccc(COc3cnc(N4CCN(C(=O)OC(C)(C)C)CC4)nc3)cc2)CC1. The van der Waals surface area contributed by atoms with Crippen molar-refractivity contribution in [1.82, 2.24) is 25.1 Å². The number of aromatic nitrogens is 2. The molecule has 2 aromatic rings. The lowest BCUT2D eigenvalue weighted by Crippen LogP contribution is -2.50. The maximum absolute atomic E-state index is 12.6. The molecule has 0 atom stereocenters. The summed E-state index contributed by atoms with van der Waals surface area (Å²) in [5, 5.41) is 3.14. The van der Waals surface area contributed by atoms with Gasteiger partial charge in [-0.2, -0.15) is 0 Å². The van der Waals surface area contributed by atoms with Gasteiger partial charge in [0.25, 0.3) is 5.91 Å². The summed E-state index contributed by atoms with van der Waals surface area (Å²) in [7, 11) is 2.11. The molecule has 2 aliphatic heterocycles. The summed E-state index contributed by atoms with van der Waals surface area (Å²) in [4.78, 5) is 39.7. The Balaban J connectivity index is 1.21. The summed E-state index contributed by atoms with van der Waals surface area (Å²) in [6, 6.07) is 7.72. The Morgan fingerprint density at radius 2 is 1.59 bits per heavy atom. The highest BCUT2D eigenvalue weighted by atomic mass is 16.6. The molecule has 0 unspecified atom stereocenters. The molecule has 1 aromatic heterocycles. The van der Waals surface area contributed by atoms with Crippen LogP contribution >= 0.6 is 0 Å². The standard InChI is InChI=1S/C27H38N6O4/c1-27(2,3)37-26(35)33-15-13-32(14-16-33)25-28-17-23(18-29-25)36-19-20-5-7-21(8-6-20)24(34)30-22-9-11-31(4)12-10-22/h5-8,17-18,22H,9-16,19H2,1-4H3,(H,30,34). The summed E-state index contributed by atoms with van der Waals surface area (Å²) in [6.45, 7) is 10.4. The quantitative estimate of drug-likeness (QED) is 0.633. The molecular formula is C27H38N6O4. The predicted octanol–water partition coefficient (Wildman–Crippen LogP) is 2.94. The van der Waals surface area contributed by atoms with Gasteiger partial charge in [0.15, 0.2) is 5.75 Å². The number of carbonyl (C=O) groups excluding carboxylic acids is 2. The lowest BCUT2D eigenvalue weighted by molar-refractivity contribution is 0.0240. The topological polar surface area (TPSA) is 100 Å². The highest BCUT2D eigenvalue weighted by Gasteiger charge is 2.26. The lowest BCUT2D eigenvalue weighted by atomic mass is 10.0. The summed E-state index contributed by atoms with van der Waals surface area (Å²) < 4.78 is 11.3. The van der Waals surface area contributed by atoms with Crippen molar-refractivity contribution in [1.29, 1.82) is 0 Å². The molecule has 10 nitrogen and oxygen atoms in total. The highest BCUT2D eigenvalue weighted by molar-refractivity contribution is 5.94. The van der Waals surface area contributed by atoms with Gasteiger partial charge in [-0.25, -0.2) is 14.8 Å². The number of anilines is 1. The maximum atomic E-state index is 12.6. The molecule has 0 spiro atoms. The van der Waals surface area contributed by atoms with E-state index in [-0.39, 0.29) is 18.0 Å². The van der Waals surface area contributed by atoms with Crippen LogP contribution in [0.1, 0.15) is 49.5 Å². The van der Waals surface area contributed by atoms with E-state index in [4.69, 9.17) is 9.47 Å². The van der Waals surface area contributed by atoms with Crippen molar-refractivity contribution < 1.29 is 19.1 Å². The zero-order valence-electron chi connectivity index (χ0n) is 22.3. The normalized spacial score (nSPS) is 17.4. The van der Waals surface area contributed by atoms with Gasteiger partial charge in [-0.1, -0.05) is 12.1 Å². The van der Waals surface area contributed by atoms with Crippen LogP contribution in [-0.2, 0) is 11.3 Å². The largest absolute Gasteiger partial charge is 0.486 e. The summed E-state index contributed by atoms with van der Waals surface area (Å²) in [6.07, 6.45) is 5.00. The average molecular weight is 511 g/mol. The number of nitrogens with one attached hydrogen (secondary N) is 1. The molecule has 2 amide bonds. The van der Waals surface area contributed by atoms with Crippen LogP contribution in [0.3, 0.4) is 0 Å². The molecule has 0 bridgehead atoms. The van der Waals surface area contributed by atoms with E-state index < -0.39 is 5.60 Å². The second-order valence-electron chi connectivity index (χ2n) is 10.7. The van der Waals surface area contributed by atoms with E-state index in [1.165, 1.54) is 0 Å². The van der Waals surface area contributed by atoms with Crippen LogP contribution < -0.4 is 15.0 Å². The zero-order chi connectivity index (χ0) is 26.4. The number of ether oxygens (including phenoxy) is 2. The van der Waals surface area contributed by atoms with Gasteiger partial charge in [-0.3, -0.25) is 4.79 Å². The number of hydrogen-bond acceptors (Lipinski definition) is 8. The Morgan fingerprint density at radius 1 is 0.973 bits per heavy atom. The Hall–Kier alpha value is -3.40. The van der Waals surface area contributed by atoms with Gasteiger partial charge in [0.05, 0.1) is 12.4 Å². The van der Waals surface area contributed by atoms with Crippen molar-refractivity contribution in [3.05, 3.63) is 47.8 Å². The van der Waals surface area contributed by atoms with E-state index in [2.05, 4.69) is 27.2 Å². The third kappa shape index (κ3) is 7.79. The van der Waals surface area contributed by atoms with Crippen LogP contribution in [0.2, 0.25) is 0 Å². The molecule has 0 aliphatic carbocycles. The molecule has 3 heterocycles. The van der Waals surface area contributed by atoms with Gasteiger partial charge < -0.3 is 29.5 Å². The van der Waals surface area contributed by atoms with Crippen molar-refractivity contribution in [2.75, 3.05) is 51.2 Å². The van der Waals surface area contributed by atoms with Crippen molar-refractivity contribution in [2.45, 2.75) is 51.9 Å². The van der Waals surface area contributed by atoms with Crippen LogP contribution in [0.25, 0.3) is 0 Å². The first-order chi connectivity index (χ1) is 17.7. The zero-order valence-corrected chi connectivity index (χ0v) is 22.3. The predicted molar refractivity (Wildman–Crippen MR) is 141 cm³/mol. The van der Waals surface area contributed by atoms with Gasteiger partial charge in [-0.15, -0.1) is 0 Å². The van der Waals surface area contributed by atoms with E-state index >= 15 is 0 Å². The highest BCUT2D eigenvalue weighted by Crippen LogP contribution is 2.18. The summed E-state index contributed by atoms with van der Waals surface area (Å²) >= 11 is 0. The Bertz CT molecular complexity index is 1040. The number of likely N-dealkylation sites (tertiary alicyclic amines) is 1. The number of amides is 2. The maximum Gasteiger partial charge on any atom is 0.410 e. The number of hydrogen-bond donors (Lipinski definition) is 1. The molecule has 2 saturated heterocycles. The fourth-order valence-electron chi connectivity index (χ4n) is 4.30. The molecule has 2 fully saturated rings. The van der Waals surface area contributed by atoms with Gasteiger partial charge in [0, 0.05) is 37.8 Å². The van der Waals surface area contributed by atoms with E-state index in [1.807, 2.05) is 49.9 Å². The molecule has 0 saturated carbocycles. The third-order valence-corrected chi connectivity index (χ3v) is 6.50. The lowest BCUT2D eigenvalue weighted by Gasteiger charge is -2.35. The molecule has 4 rings (SSSR count). The van der Waals surface area contributed by atoms with Crippen LogP contribution in [-0.4, -0.2) is 89.7 Å². The first-order valence-electron chi connectivity index (χ1n) is 12.9. The monoisotopic (exact) mass is 510 g/mol. The van der Waals surface area contributed by atoms with Gasteiger partial charge >= 0.3 is 6.09 Å². The fourth-order valence-corrected chi connectivity index (χ4v) is 4.30. The molecule has 1 aromatic carbocycles. The molecule has 37 heavy (non-hydrogen) atoms. The summed E-state index contributed by atoms with van der Waals surface area (Å²) in [5.41, 5.74) is 1.11. The minimum absolute atomic E-state index is 0.0297. The molecule has 2 aliphatic rings. The van der Waals surface area contributed by atoms with E-state index in [0.717, 1.165) is 31.5 Å². The summed E-state index contributed by atoms with van der Waals surface area (Å²) in [5.74, 6) is 1.15. The van der Waals surface area contributed by atoms with Crippen molar-refractivity contribution in [2.24, 2.45) is 0 Å². The minimum Gasteiger partial charge on any atom is -0.486 e. The molecule has 200 valence electrons. The van der Waals surface area contributed by atoms with E-state index in [9.17, 15) is 9.59 Å². The Kier molecular flexibility index (Phi) is 8.48. The third-order valence-electron chi connectivity index (χ3n) is 6.50. The van der Waals surface area contributed by atoms with Crippen LogP contribution in [0.15, 0.2) is 36.7 Å². The van der Waals surface area contributed by atoms with Crippen LogP contribution in [0.4, 0.5) is 10.7 Å². The fraction of sp³-hybridized carbons (Fsp3) is 0.556. The van der Waals surface area contributed by atoms with Crippen molar-refractivity contribution >= 4 is 17.9 Å². The number of nitrogens with zero attached hydrogens (tertiary/aromatic N) is 5. The Morgan fingerprint density at radius 3 is 2.19 bits per heavy atom. The number of piperazine rings is 1. The Labute approximate surface area is 218 Å². The second kappa shape index (κ2) is 11.8. The number of benzene rings is 1. The van der Waals surface area contributed by atoms with Gasteiger partial charge in [0.2, 0.25) is 5.95 Å². The van der Waals surface area contributed by atoms with Gasteiger partial charge in [-0.05, 0) is 71.4 Å². The van der Waals surface area contributed by atoms with Crippen molar-refractivity contribution in [3.8, 4) is 5.75 Å². The van der Waals surface area contributed by atoms with Crippen LogP contribution in [0, 0.1) is 0 Å². The second-order valence-corrected chi connectivity index (χ2v) is 10.7. The van der Waals surface area contributed by atoms with Gasteiger partial charge in [0.1, 0.15) is 12.2 Å². The molecule has 10 heteroatoms. The first-order valence-corrected chi connectivity index (χ1v) is 12.9. The van der Waals surface area contributed by atoms with Crippen molar-refractivity contribution in [3.63, 3.8) is 0 Å². The van der Waals surface area contributed by atoms with E-state index in [0.29, 0.717) is 50.0 Å². The van der Waals surface area contributed by atoms with Crippen LogP contribution in [0.5, 0.6) is 5.75 Å². The first kappa shape index (κ1) is 26.7. The molecular weight excluding hydrogens is 472 g/mol. The smallest absolute Gasteiger partial charge is 0.410 e. The number of carbonyl (C=O) groups is 2. The number of piperidine rings is 1.